The number of nitrogens with zero attached hydrogens (tertiary/aromatic N) is 2. The number of hydrogen-bond acceptors (Lipinski definition) is 2. The second kappa shape index (κ2) is 5.95. The smallest absolute Gasteiger partial charge is 0.130 e. The van der Waals surface area contributed by atoms with Crippen molar-refractivity contribution in [1.82, 2.24) is 4.98 Å². The Hall–Kier alpha value is -1.80. The van der Waals surface area contributed by atoms with Gasteiger partial charge in [-0.25, -0.2) is 4.98 Å². The van der Waals surface area contributed by atoms with Gasteiger partial charge in [-0.05, 0) is 18.1 Å². The topological polar surface area (TPSA) is 36.7 Å². The van der Waals surface area contributed by atoms with Crippen LogP contribution in [0.1, 0.15) is 25.1 Å². The van der Waals surface area contributed by atoms with E-state index in [9.17, 15) is 0 Å². The summed E-state index contributed by atoms with van der Waals surface area (Å²) in [6, 6.07) is 5.26. The summed E-state index contributed by atoms with van der Waals surface area (Å²) < 4.78 is 0. The summed E-state index contributed by atoms with van der Waals surface area (Å²) in [6.45, 7) is 4.00. The van der Waals surface area contributed by atoms with E-state index < -0.39 is 0 Å². The zero-order valence-electron chi connectivity index (χ0n) is 7.20. The SMILES string of the molecule is C#Cc1ncccc1C#N.CC. The standard InChI is InChI=1S/C8H4N2.C2H6/c1-2-8-7(6-9)4-3-5-10-8;1-2/h1,3-5H;1-2H3. The van der Waals surface area contributed by atoms with Gasteiger partial charge in [0, 0.05) is 6.20 Å². The minimum Gasteiger partial charge on any atom is -0.246 e. The van der Waals surface area contributed by atoms with Gasteiger partial charge < -0.3 is 0 Å². The first-order chi connectivity index (χ1) is 5.88. The molecule has 0 radical (unpaired) electrons. The van der Waals surface area contributed by atoms with Gasteiger partial charge in [-0.2, -0.15) is 5.26 Å². The zero-order chi connectivity index (χ0) is 9.40. The Balaban J connectivity index is 0.000000561. The molecule has 0 bridgehead atoms. The molecular formula is C10H10N2. The largest absolute Gasteiger partial charge is 0.246 e. The van der Waals surface area contributed by atoms with Gasteiger partial charge >= 0.3 is 0 Å². The van der Waals surface area contributed by atoms with Crippen molar-refractivity contribution in [2.24, 2.45) is 0 Å². The molecule has 0 aromatic carbocycles. The fraction of sp³-hybridized carbons (Fsp3) is 0.200. The van der Waals surface area contributed by atoms with Crippen molar-refractivity contribution >= 4 is 0 Å². The normalized spacial score (nSPS) is 7.00. The molecule has 60 valence electrons. The first kappa shape index (κ1) is 10.2. The lowest BCUT2D eigenvalue weighted by atomic mass is 10.2. The van der Waals surface area contributed by atoms with Crippen LogP contribution < -0.4 is 0 Å². The molecule has 0 spiro atoms. The second-order valence-corrected chi connectivity index (χ2v) is 1.66. The lowest BCUT2D eigenvalue weighted by Gasteiger charge is -1.89. The third-order valence-electron chi connectivity index (χ3n) is 1.06. The van der Waals surface area contributed by atoms with Crippen LogP contribution in [0.3, 0.4) is 0 Å². The highest BCUT2D eigenvalue weighted by molar-refractivity contribution is 5.41. The highest BCUT2D eigenvalue weighted by Crippen LogP contribution is 1.99. The van der Waals surface area contributed by atoms with E-state index in [1.807, 2.05) is 19.9 Å². The molecule has 1 aromatic rings. The van der Waals surface area contributed by atoms with Crippen molar-refractivity contribution in [3.8, 4) is 18.4 Å². The van der Waals surface area contributed by atoms with Crippen LogP contribution in [-0.2, 0) is 0 Å². The summed E-state index contributed by atoms with van der Waals surface area (Å²) in [5, 5.41) is 8.46. The molecule has 1 rings (SSSR count). The van der Waals surface area contributed by atoms with Crippen LogP contribution >= 0.6 is 0 Å². The van der Waals surface area contributed by atoms with Gasteiger partial charge in [0.25, 0.3) is 0 Å². The van der Waals surface area contributed by atoms with Crippen LogP contribution in [0, 0.1) is 23.7 Å². The molecule has 12 heavy (non-hydrogen) atoms. The van der Waals surface area contributed by atoms with Crippen LogP contribution in [0.15, 0.2) is 18.3 Å². The van der Waals surface area contributed by atoms with Gasteiger partial charge in [0.1, 0.15) is 11.8 Å². The highest BCUT2D eigenvalue weighted by atomic mass is 14.7. The van der Waals surface area contributed by atoms with Crippen molar-refractivity contribution < 1.29 is 0 Å². The molecule has 0 N–H and O–H groups in total. The number of nitriles is 1. The third-order valence-corrected chi connectivity index (χ3v) is 1.06. The van der Waals surface area contributed by atoms with Crippen molar-refractivity contribution in [3.05, 3.63) is 29.6 Å². The van der Waals surface area contributed by atoms with Crippen LogP contribution in [0.2, 0.25) is 0 Å². The number of rotatable bonds is 0. The molecule has 2 heteroatoms. The molecular weight excluding hydrogens is 148 g/mol. The highest BCUT2D eigenvalue weighted by Gasteiger charge is 1.95. The maximum Gasteiger partial charge on any atom is 0.130 e. The maximum absolute atomic E-state index is 8.46. The Labute approximate surface area is 72.9 Å². The summed E-state index contributed by atoms with van der Waals surface area (Å²) in [6.07, 6.45) is 6.63. The van der Waals surface area contributed by atoms with Crippen LogP contribution in [0.25, 0.3) is 0 Å². The molecule has 0 saturated carbocycles. The Morgan fingerprint density at radius 1 is 1.50 bits per heavy atom. The lowest BCUT2D eigenvalue weighted by molar-refractivity contribution is 1.26. The zero-order valence-corrected chi connectivity index (χ0v) is 7.20. The van der Waals surface area contributed by atoms with E-state index >= 15 is 0 Å². The van der Waals surface area contributed by atoms with Crippen LogP contribution in [0.5, 0.6) is 0 Å². The lowest BCUT2D eigenvalue weighted by Crippen LogP contribution is -1.85. The number of hydrogen-bond donors (Lipinski definition) is 0. The number of aromatic nitrogens is 1. The van der Waals surface area contributed by atoms with E-state index in [0.29, 0.717) is 11.3 Å². The van der Waals surface area contributed by atoms with Gasteiger partial charge in [-0.15, -0.1) is 6.42 Å². The predicted molar refractivity (Wildman–Crippen MR) is 48.2 cm³/mol. The molecule has 0 saturated heterocycles. The van der Waals surface area contributed by atoms with E-state index in [4.69, 9.17) is 11.7 Å². The molecule has 1 aromatic heterocycles. The summed E-state index contributed by atoms with van der Waals surface area (Å²) in [5.74, 6) is 2.31. The predicted octanol–water partition coefficient (Wildman–Crippen LogP) is 1.96. The van der Waals surface area contributed by atoms with Gasteiger partial charge in [0.15, 0.2) is 0 Å². The summed E-state index contributed by atoms with van der Waals surface area (Å²) in [5.41, 5.74) is 0.856. The molecule has 2 nitrogen and oxygen atoms in total. The second-order valence-electron chi connectivity index (χ2n) is 1.66. The monoisotopic (exact) mass is 158 g/mol. The van der Waals surface area contributed by atoms with E-state index in [0.717, 1.165) is 0 Å². The minimum absolute atomic E-state index is 0.407. The Morgan fingerprint density at radius 3 is 2.58 bits per heavy atom. The molecule has 0 aliphatic heterocycles. The third kappa shape index (κ3) is 2.44. The number of terminal acetylenes is 1. The fourth-order valence-electron chi connectivity index (χ4n) is 0.611. The van der Waals surface area contributed by atoms with E-state index in [2.05, 4.69) is 10.9 Å². The molecule has 1 heterocycles. The first-order valence-electron chi connectivity index (χ1n) is 3.70. The van der Waals surface area contributed by atoms with Gasteiger partial charge in [0.05, 0.1) is 5.56 Å². The van der Waals surface area contributed by atoms with E-state index in [1.54, 1.807) is 18.3 Å². The van der Waals surface area contributed by atoms with Crippen LogP contribution in [0.4, 0.5) is 0 Å². The van der Waals surface area contributed by atoms with Crippen molar-refractivity contribution in [2.75, 3.05) is 0 Å². The average Bonchev–Trinajstić information content (AvgIpc) is 2.20. The van der Waals surface area contributed by atoms with Gasteiger partial charge in [0.2, 0.25) is 0 Å². The quantitative estimate of drug-likeness (QED) is 0.541. The summed E-state index contributed by atoms with van der Waals surface area (Å²) in [4.78, 5) is 3.81. The Kier molecular flexibility index (Phi) is 5.05. The summed E-state index contributed by atoms with van der Waals surface area (Å²) in [7, 11) is 0. The van der Waals surface area contributed by atoms with E-state index in [1.165, 1.54) is 0 Å². The molecule has 0 fully saturated rings. The Bertz CT molecular complexity index is 282. The number of pyridine rings is 1. The maximum atomic E-state index is 8.46. The van der Waals surface area contributed by atoms with Crippen molar-refractivity contribution in [2.45, 2.75) is 13.8 Å². The first-order valence-corrected chi connectivity index (χ1v) is 3.70. The van der Waals surface area contributed by atoms with E-state index in [-0.39, 0.29) is 0 Å². The molecule has 0 amide bonds. The van der Waals surface area contributed by atoms with Crippen LogP contribution in [-0.4, -0.2) is 4.98 Å². The summed E-state index contributed by atoms with van der Waals surface area (Å²) >= 11 is 0. The average molecular weight is 158 g/mol. The molecule has 0 aliphatic rings. The van der Waals surface area contributed by atoms with Gasteiger partial charge in [-0.1, -0.05) is 13.8 Å². The molecule has 0 unspecified atom stereocenters. The Morgan fingerprint density at radius 2 is 2.17 bits per heavy atom. The molecule has 0 atom stereocenters. The van der Waals surface area contributed by atoms with Gasteiger partial charge in [-0.3, -0.25) is 0 Å². The fourth-order valence-corrected chi connectivity index (χ4v) is 0.611. The molecule has 0 aliphatic carbocycles. The minimum atomic E-state index is 0.407. The van der Waals surface area contributed by atoms with Crippen molar-refractivity contribution in [1.29, 1.82) is 5.26 Å². The van der Waals surface area contributed by atoms with Crippen molar-refractivity contribution in [3.63, 3.8) is 0 Å².